The Labute approximate surface area is 101 Å². The van der Waals surface area contributed by atoms with Gasteiger partial charge in [0.15, 0.2) is 0 Å². The highest BCUT2D eigenvalue weighted by atomic mass is 16.5. The third kappa shape index (κ3) is 3.14. The van der Waals surface area contributed by atoms with E-state index in [-0.39, 0.29) is 11.7 Å². The third-order valence-electron chi connectivity index (χ3n) is 2.88. The van der Waals surface area contributed by atoms with Crippen molar-refractivity contribution in [2.45, 2.75) is 26.4 Å². The van der Waals surface area contributed by atoms with Crippen molar-refractivity contribution in [3.05, 3.63) is 27.9 Å². The average Bonchev–Trinajstić information content (AvgIpc) is 2.28. The van der Waals surface area contributed by atoms with Gasteiger partial charge in [0.2, 0.25) is 0 Å². The second-order valence-electron chi connectivity index (χ2n) is 4.43. The second kappa shape index (κ2) is 5.42. The molecule has 1 atom stereocenters. The maximum Gasteiger partial charge on any atom is 0.251 e. The Morgan fingerprint density at radius 3 is 3.18 bits per heavy atom. The molecule has 5 nitrogen and oxygen atoms in total. The van der Waals surface area contributed by atoms with Gasteiger partial charge in [0, 0.05) is 24.8 Å². The zero-order valence-corrected chi connectivity index (χ0v) is 10.4. The van der Waals surface area contributed by atoms with Gasteiger partial charge in [0.05, 0.1) is 6.61 Å². The van der Waals surface area contributed by atoms with E-state index in [1.807, 2.05) is 6.92 Å². The SMILES string of the molecule is CCCN1CCOC(c2nc(C)cc(=O)[nH]2)C1. The number of nitrogens with one attached hydrogen (secondary N) is 1. The molecule has 5 heteroatoms. The standard InChI is InChI=1S/C12H19N3O2/c1-3-4-15-5-6-17-10(8-15)12-13-9(2)7-11(16)14-12/h7,10H,3-6,8H2,1-2H3,(H,13,14,16). The molecule has 0 spiro atoms. The molecule has 1 aliphatic heterocycles. The Morgan fingerprint density at radius 1 is 1.65 bits per heavy atom. The molecule has 2 rings (SSSR count). The van der Waals surface area contributed by atoms with Gasteiger partial charge in [-0.05, 0) is 19.9 Å². The highest BCUT2D eigenvalue weighted by molar-refractivity contribution is 5.03. The fourth-order valence-electron chi connectivity index (χ4n) is 2.14. The first-order chi connectivity index (χ1) is 8.19. The lowest BCUT2D eigenvalue weighted by molar-refractivity contribution is -0.0343. The summed E-state index contributed by atoms with van der Waals surface area (Å²) in [6.45, 7) is 7.52. The van der Waals surface area contributed by atoms with Crippen molar-refractivity contribution in [2.75, 3.05) is 26.2 Å². The molecule has 0 aliphatic carbocycles. The number of aryl methyl sites for hydroxylation is 1. The lowest BCUT2D eigenvalue weighted by Gasteiger charge is -2.32. The number of morpholine rings is 1. The molecule has 0 aromatic carbocycles. The summed E-state index contributed by atoms with van der Waals surface area (Å²) in [5, 5.41) is 0. The van der Waals surface area contributed by atoms with E-state index in [1.165, 1.54) is 6.07 Å². The van der Waals surface area contributed by atoms with Crippen LogP contribution in [0.15, 0.2) is 10.9 Å². The highest BCUT2D eigenvalue weighted by Gasteiger charge is 2.23. The molecule has 1 N–H and O–H groups in total. The van der Waals surface area contributed by atoms with E-state index in [2.05, 4.69) is 21.8 Å². The predicted octanol–water partition coefficient (Wildman–Crippen LogP) is 0.862. The van der Waals surface area contributed by atoms with E-state index in [9.17, 15) is 4.79 Å². The van der Waals surface area contributed by atoms with Gasteiger partial charge in [-0.2, -0.15) is 0 Å². The molecule has 94 valence electrons. The molecule has 2 heterocycles. The molecule has 0 saturated carbocycles. The Morgan fingerprint density at radius 2 is 2.47 bits per heavy atom. The number of nitrogens with zero attached hydrogens (tertiary/aromatic N) is 2. The van der Waals surface area contributed by atoms with Crippen LogP contribution in [0.3, 0.4) is 0 Å². The van der Waals surface area contributed by atoms with Crippen molar-refractivity contribution < 1.29 is 4.74 Å². The molecule has 1 fully saturated rings. The number of hydrogen-bond donors (Lipinski definition) is 1. The van der Waals surface area contributed by atoms with Crippen molar-refractivity contribution in [2.24, 2.45) is 0 Å². The molecular weight excluding hydrogens is 218 g/mol. The van der Waals surface area contributed by atoms with Crippen LogP contribution >= 0.6 is 0 Å². The van der Waals surface area contributed by atoms with Gasteiger partial charge in [-0.1, -0.05) is 6.92 Å². The topological polar surface area (TPSA) is 58.2 Å². The maximum absolute atomic E-state index is 11.4. The summed E-state index contributed by atoms with van der Waals surface area (Å²) in [4.78, 5) is 20.8. The van der Waals surface area contributed by atoms with E-state index < -0.39 is 0 Å². The molecular formula is C12H19N3O2. The molecule has 17 heavy (non-hydrogen) atoms. The first-order valence-electron chi connectivity index (χ1n) is 6.11. The largest absolute Gasteiger partial charge is 0.368 e. The molecule has 1 aromatic rings. The quantitative estimate of drug-likeness (QED) is 0.847. The molecule has 1 saturated heterocycles. The molecule has 0 radical (unpaired) electrons. The van der Waals surface area contributed by atoms with Crippen LogP contribution in [0.4, 0.5) is 0 Å². The number of aromatic nitrogens is 2. The van der Waals surface area contributed by atoms with E-state index in [4.69, 9.17) is 4.74 Å². The van der Waals surface area contributed by atoms with Gasteiger partial charge in [0.25, 0.3) is 5.56 Å². The minimum absolute atomic E-state index is 0.108. The van der Waals surface area contributed by atoms with Crippen LogP contribution in [-0.4, -0.2) is 41.1 Å². The van der Waals surface area contributed by atoms with E-state index in [0.29, 0.717) is 12.4 Å². The van der Waals surface area contributed by atoms with Crippen LogP contribution in [0.2, 0.25) is 0 Å². The Hall–Kier alpha value is -1.20. The summed E-state index contributed by atoms with van der Waals surface area (Å²) in [7, 11) is 0. The van der Waals surface area contributed by atoms with Crippen LogP contribution in [0.1, 0.15) is 31.0 Å². The monoisotopic (exact) mass is 237 g/mol. The second-order valence-corrected chi connectivity index (χ2v) is 4.43. The van der Waals surface area contributed by atoms with Crippen molar-refractivity contribution in [3.63, 3.8) is 0 Å². The van der Waals surface area contributed by atoms with E-state index >= 15 is 0 Å². The third-order valence-corrected chi connectivity index (χ3v) is 2.88. The van der Waals surface area contributed by atoms with Gasteiger partial charge >= 0.3 is 0 Å². The van der Waals surface area contributed by atoms with E-state index in [1.54, 1.807) is 0 Å². The van der Waals surface area contributed by atoms with Crippen molar-refractivity contribution >= 4 is 0 Å². The molecule has 0 amide bonds. The number of H-pyrrole nitrogens is 1. The summed E-state index contributed by atoms with van der Waals surface area (Å²) in [5.41, 5.74) is 0.628. The van der Waals surface area contributed by atoms with Crippen molar-refractivity contribution in [1.82, 2.24) is 14.9 Å². The average molecular weight is 237 g/mol. The van der Waals surface area contributed by atoms with Crippen molar-refractivity contribution in [3.8, 4) is 0 Å². The van der Waals surface area contributed by atoms with Crippen LogP contribution in [-0.2, 0) is 4.74 Å². The van der Waals surface area contributed by atoms with E-state index in [0.717, 1.165) is 31.7 Å². The first kappa shape index (κ1) is 12.3. The molecule has 1 aromatic heterocycles. The number of rotatable bonds is 3. The molecule has 1 aliphatic rings. The van der Waals surface area contributed by atoms with Gasteiger partial charge in [0.1, 0.15) is 11.9 Å². The number of aromatic amines is 1. The zero-order chi connectivity index (χ0) is 12.3. The number of hydrogen-bond acceptors (Lipinski definition) is 4. The summed E-state index contributed by atoms with van der Waals surface area (Å²) in [6, 6.07) is 1.50. The van der Waals surface area contributed by atoms with Crippen LogP contribution in [0, 0.1) is 6.92 Å². The Balaban J connectivity index is 2.13. The molecule has 0 bridgehead atoms. The summed E-state index contributed by atoms with van der Waals surface area (Å²) < 4.78 is 5.68. The Kier molecular flexibility index (Phi) is 3.91. The van der Waals surface area contributed by atoms with Crippen LogP contribution in [0.25, 0.3) is 0 Å². The Bertz CT molecular complexity index is 428. The lowest BCUT2D eigenvalue weighted by Crippen LogP contribution is -2.39. The van der Waals surface area contributed by atoms with Gasteiger partial charge < -0.3 is 9.72 Å². The predicted molar refractivity (Wildman–Crippen MR) is 65.0 cm³/mol. The normalized spacial score (nSPS) is 21.6. The zero-order valence-electron chi connectivity index (χ0n) is 10.4. The van der Waals surface area contributed by atoms with Gasteiger partial charge in [-0.15, -0.1) is 0 Å². The summed E-state index contributed by atoms with van der Waals surface area (Å²) >= 11 is 0. The minimum Gasteiger partial charge on any atom is -0.368 e. The summed E-state index contributed by atoms with van der Waals surface area (Å²) in [6.07, 6.45) is 1.02. The minimum atomic E-state index is -0.108. The lowest BCUT2D eigenvalue weighted by atomic mass is 10.2. The number of ether oxygens (including phenoxy) is 1. The fourth-order valence-corrected chi connectivity index (χ4v) is 2.14. The maximum atomic E-state index is 11.4. The fraction of sp³-hybridized carbons (Fsp3) is 0.667. The van der Waals surface area contributed by atoms with Crippen molar-refractivity contribution in [1.29, 1.82) is 0 Å². The van der Waals surface area contributed by atoms with Crippen LogP contribution < -0.4 is 5.56 Å². The smallest absolute Gasteiger partial charge is 0.251 e. The van der Waals surface area contributed by atoms with Crippen LogP contribution in [0.5, 0.6) is 0 Å². The van der Waals surface area contributed by atoms with Gasteiger partial charge in [-0.3, -0.25) is 9.69 Å². The first-order valence-corrected chi connectivity index (χ1v) is 6.11. The van der Waals surface area contributed by atoms with Gasteiger partial charge in [-0.25, -0.2) is 4.98 Å². The molecule has 1 unspecified atom stereocenters. The summed E-state index contributed by atoms with van der Waals surface area (Å²) in [5.74, 6) is 0.649. The highest BCUT2D eigenvalue weighted by Crippen LogP contribution is 2.18.